The summed E-state index contributed by atoms with van der Waals surface area (Å²) in [5.41, 5.74) is -0.0961. The fraction of sp³-hybridized carbons (Fsp3) is 0.529. The lowest BCUT2D eigenvalue weighted by molar-refractivity contribution is -0.452. The normalized spacial score (nSPS) is 10.3. The molecule has 0 bridgehead atoms. The Morgan fingerprint density at radius 2 is 0.731 bits per heavy atom. The number of hydrogen-bond acceptors (Lipinski definition) is 18. The van der Waals surface area contributed by atoms with Crippen LogP contribution in [0.15, 0.2) is 24.3 Å². The molecule has 2 rings (SSSR count). The molecule has 0 atom stereocenters. The van der Waals surface area contributed by atoms with Crippen LogP contribution in [-0.4, -0.2) is 80.1 Å². The van der Waals surface area contributed by atoms with Crippen molar-refractivity contribution in [2.24, 2.45) is 0 Å². The van der Waals surface area contributed by atoms with Gasteiger partial charge in [-0.2, -0.15) is 0 Å². The van der Waals surface area contributed by atoms with Gasteiger partial charge in [0.25, 0.3) is 0 Å². The first-order valence-electron chi connectivity index (χ1n) is 16.3. The van der Waals surface area contributed by atoms with E-state index in [-0.39, 0.29) is 47.3 Å². The van der Waals surface area contributed by atoms with E-state index in [1.165, 1.54) is 66.9 Å². The fourth-order valence-corrected chi connectivity index (χ4v) is 4.74. The molecular weight excluding hydrogens is 696 g/mol. The zero-order valence-electron chi connectivity index (χ0n) is 30.1. The number of rotatable bonds is 25. The molecule has 2 aromatic carbocycles. The Labute approximate surface area is 300 Å². The van der Waals surface area contributed by atoms with E-state index in [4.69, 9.17) is 37.9 Å². The van der Waals surface area contributed by atoms with Gasteiger partial charge in [-0.1, -0.05) is 51.4 Å². The topological polar surface area (TPSA) is 197 Å². The quantitative estimate of drug-likeness (QED) is 0.0453. The first-order valence-corrected chi connectivity index (χ1v) is 16.3. The molecule has 290 valence electrons. The third kappa shape index (κ3) is 14.1. The van der Waals surface area contributed by atoms with Crippen LogP contribution in [0.1, 0.15) is 84.9 Å². The minimum Gasteiger partial charge on any atom is -0.493 e. The highest BCUT2D eigenvalue weighted by Gasteiger charge is 2.24. The molecule has 0 aliphatic carbocycles. The van der Waals surface area contributed by atoms with E-state index in [9.17, 15) is 19.2 Å². The van der Waals surface area contributed by atoms with Crippen molar-refractivity contribution >= 4 is 24.2 Å². The Hall–Kier alpha value is -5.36. The number of benzene rings is 2. The van der Waals surface area contributed by atoms with Crippen molar-refractivity contribution in [3.8, 4) is 34.5 Å². The summed E-state index contributed by atoms with van der Waals surface area (Å²) in [7, 11) is 8.29. The lowest BCUT2D eigenvalue weighted by atomic mass is 10.1. The molecule has 52 heavy (non-hydrogen) atoms. The van der Waals surface area contributed by atoms with Gasteiger partial charge in [0.15, 0.2) is 23.0 Å². The smallest absolute Gasteiger partial charge is 0.493 e. The summed E-state index contributed by atoms with van der Waals surface area (Å²) >= 11 is 0. The predicted molar refractivity (Wildman–Crippen MR) is 176 cm³/mol. The van der Waals surface area contributed by atoms with Gasteiger partial charge in [-0.25, -0.2) is 29.0 Å². The second kappa shape index (κ2) is 24.7. The fourth-order valence-electron chi connectivity index (χ4n) is 4.74. The van der Waals surface area contributed by atoms with Crippen molar-refractivity contribution in [1.82, 2.24) is 0 Å². The van der Waals surface area contributed by atoms with Crippen molar-refractivity contribution in [3.63, 3.8) is 0 Å². The number of hydrogen-bond donors (Lipinski definition) is 0. The minimum atomic E-state index is -1.16. The molecule has 18 nitrogen and oxygen atoms in total. The minimum absolute atomic E-state index is 0.0481. The Balaban J connectivity index is 1.43. The van der Waals surface area contributed by atoms with Gasteiger partial charge in [0.05, 0.1) is 65.9 Å². The van der Waals surface area contributed by atoms with Gasteiger partial charge in [0, 0.05) is 0 Å². The van der Waals surface area contributed by atoms with Crippen molar-refractivity contribution in [1.29, 1.82) is 0 Å². The molecule has 0 aromatic heterocycles. The second-order valence-electron chi connectivity index (χ2n) is 10.5. The van der Waals surface area contributed by atoms with Crippen LogP contribution in [0.2, 0.25) is 0 Å². The molecule has 0 unspecified atom stereocenters. The highest BCUT2D eigenvalue weighted by Crippen LogP contribution is 2.41. The molecule has 0 radical (unpaired) electrons. The molecule has 0 N–H and O–H groups in total. The molecule has 0 fully saturated rings. The highest BCUT2D eigenvalue weighted by atomic mass is 17.5. The van der Waals surface area contributed by atoms with Crippen molar-refractivity contribution in [3.05, 3.63) is 35.4 Å². The number of unbranched alkanes of at least 4 members (excludes halogenated alkanes) is 9. The van der Waals surface area contributed by atoms with Gasteiger partial charge in [-0.15, -0.1) is 0 Å². The monoisotopic (exact) mass is 742 g/mol. The SMILES string of the molecule is COc1ccc(C(=O)OOOC(=O)OCCCCCCCCCCCCOC(=O)OOOC(=O)c2ccc(OC)c(OC)c2OC)c(OC)c1OC. The third-order valence-corrected chi connectivity index (χ3v) is 7.25. The summed E-state index contributed by atoms with van der Waals surface area (Å²) in [5.74, 6) is -0.876. The second-order valence-corrected chi connectivity index (χ2v) is 10.5. The number of ether oxygens (including phenoxy) is 8. The molecule has 0 saturated carbocycles. The van der Waals surface area contributed by atoms with Crippen LogP contribution in [0.5, 0.6) is 34.5 Å². The zero-order chi connectivity index (χ0) is 38.1. The summed E-state index contributed by atoms with van der Waals surface area (Å²) in [4.78, 5) is 65.6. The van der Waals surface area contributed by atoms with E-state index >= 15 is 0 Å². The highest BCUT2D eigenvalue weighted by molar-refractivity contribution is 5.94. The van der Waals surface area contributed by atoms with Crippen molar-refractivity contribution in [2.45, 2.75) is 64.2 Å². The predicted octanol–water partition coefficient (Wildman–Crippen LogP) is 6.65. The molecule has 0 aliphatic heterocycles. The maximum Gasteiger partial charge on any atom is 0.543 e. The van der Waals surface area contributed by atoms with Crippen LogP contribution in [0.3, 0.4) is 0 Å². The molecule has 18 heteroatoms. The van der Waals surface area contributed by atoms with Crippen LogP contribution >= 0.6 is 0 Å². The molecule has 2 aromatic rings. The van der Waals surface area contributed by atoms with Gasteiger partial charge in [-0.05, 0) is 37.1 Å². The van der Waals surface area contributed by atoms with Crippen LogP contribution < -0.4 is 28.4 Å². The number of methoxy groups -OCH3 is 6. The summed E-state index contributed by atoms with van der Waals surface area (Å²) in [6.07, 6.45) is 6.75. The molecule has 0 aliphatic rings. The van der Waals surface area contributed by atoms with Gasteiger partial charge in [0.1, 0.15) is 11.1 Å². The Bertz CT molecular complexity index is 1310. The van der Waals surface area contributed by atoms with E-state index in [2.05, 4.69) is 29.6 Å². The lowest BCUT2D eigenvalue weighted by Crippen LogP contribution is -2.13. The van der Waals surface area contributed by atoms with E-state index in [0.29, 0.717) is 24.3 Å². The van der Waals surface area contributed by atoms with E-state index in [1.807, 2.05) is 0 Å². The molecule has 0 heterocycles. The Morgan fingerprint density at radius 3 is 1.04 bits per heavy atom. The van der Waals surface area contributed by atoms with E-state index in [0.717, 1.165) is 51.4 Å². The summed E-state index contributed by atoms with van der Waals surface area (Å²) in [6, 6.07) is 5.69. The molecular formula is C34H46O18. The lowest BCUT2D eigenvalue weighted by Gasteiger charge is -2.14. The summed E-state index contributed by atoms with van der Waals surface area (Å²) in [6.45, 7) is 0.224. The van der Waals surface area contributed by atoms with Crippen LogP contribution in [-0.2, 0) is 39.1 Å². The summed E-state index contributed by atoms with van der Waals surface area (Å²) in [5, 5.41) is 8.52. The number of carbonyl (C=O) groups is 4. The zero-order valence-corrected chi connectivity index (χ0v) is 30.1. The first kappa shape index (κ1) is 42.8. The van der Waals surface area contributed by atoms with Crippen LogP contribution in [0, 0.1) is 0 Å². The Kier molecular flexibility index (Phi) is 20.4. The third-order valence-electron chi connectivity index (χ3n) is 7.25. The maximum atomic E-state index is 12.3. The van der Waals surface area contributed by atoms with E-state index in [1.54, 1.807) is 0 Å². The molecule has 0 amide bonds. The standard InChI is InChI=1S/C34H46O18/c1-39-25-19-17-23(27(41-3)29(25)43-5)31(35)47-51-49-33(37)45-21-15-13-11-9-7-8-10-12-14-16-22-46-34(38)50-52-48-32(36)24-18-20-26(40-2)30(44-6)28(24)42-4/h17-20H,7-16,21-22H2,1-6H3. The summed E-state index contributed by atoms with van der Waals surface area (Å²) < 4.78 is 40.9. The largest absolute Gasteiger partial charge is 0.543 e. The van der Waals surface area contributed by atoms with Gasteiger partial charge in [-0.3, -0.25) is 9.78 Å². The van der Waals surface area contributed by atoms with Crippen molar-refractivity contribution in [2.75, 3.05) is 55.9 Å². The maximum absolute atomic E-state index is 12.3. The van der Waals surface area contributed by atoms with Crippen LogP contribution in [0.25, 0.3) is 0 Å². The average molecular weight is 743 g/mol. The molecule has 0 spiro atoms. The number of carbonyl (C=O) groups excluding carboxylic acids is 4. The molecule has 0 saturated heterocycles. The van der Waals surface area contributed by atoms with E-state index < -0.39 is 24.2 Å². The van der Waals surface area contributed by atoms with Gasteiger partial charge < -0.3 is 37.9 Å². The average Bonchev–Trinajstić information content (AvgIpc) is 3.16. The first-order chi connectivity index (χ1) is 25.3. The van der Waals surface area contributed by atoms with Gasteiger partial charge >= 0.3 is 24.2 Å². The van der Waals surface area contributed by atoms with Gasteiger partial charge in [0.2, 0.25) is 11.5 Å². The Morgan fingerprint density at radius 1 is 0.404 bits per heavy atom. The van der Waals surface area contributed by atoms with Crippen LogP contribution in [0.4, 0.5) is 9.59 Å². The van der Waals surface area contributed by atoms with Crippen molar-refractivity contribution < 1.29 is 86.7 Å².